The summed E-state index contributed by atoms with van der Waals surface area (Å²) in [5.41, 5.74) is 2.82. The third-order valence-corrected chi connectivity index (χ3v) is 6.30. The zero-order chi connectivity index (χ0) is 24.9. The fraction of sp³-hybridized carbons (Fsp3) is 0.455. The zero-order valence-corrected chi connectivity index (χ0v) is 19.3. The highest BCUT2D eigenvalue weighted by Crippen LogP contribution is 2.34. The van der Waals surface area contributed by atoms with Crippen molar-refractivity contribution in [2.24, 2.45) is 0 Å². The van der Waals surface area contributed by atoms with E-state index in [1.807, 2.05) is 0 Å². The Morgan fingerprint density at radius 3 is 2.74 bits per heavy atom. The molecule has 5 rings (SSSR count). The smallest absolute Gasteiger partial charge is 0.280 e. The summed E-state index contributed by atoms with van der Waals surface area (Å²) in [6.07, 6.45) is -0.702. The number of nitrogens with zero attached hydrogens (tertiary/aromatic N) is 7. The second-order valence-corrected chi connectivity index (χ2v) is 8.76. The van der Waals surface area contributed by atoms with Crippen LogP contribution in [0.1, 0.15) is 19.4 Å². The predicted molar refractivity (Wildman–Crippen MR) is 121 cm³/mol. The van der Waals surface area contributed by atoms with Crippen LogP contribution in [0.5, 0.6) is 5.88 Å². The van der Waals surface area contributed by atoms with Crippen molar-refractivity contribution in [1.29, 1.82) is 0 Å². The summed E-state index contributed by atoms with van der Waals surface area (Å²) in [4.78, 5) is 5.92. The minimum atomic E-state index is -2.94. The van der Waals surface area contributed by atoms with Gasteiger partial charge in [-0.25, -0.2) is 26.8 Å². The second kappa shape index (κ2) is 8.63. The van der Waals surface area contributed by atoms with Crippen molar-refractivity contribution in [3.63, 3.8) is 0 Å². The van der Waals surface area contributed by atoms with E-state index in [4.69, 9.17) is 4.74 Å². The van der Waals surface area contributed by atoms with E-state index in [1.165, 1.54) is 23.2 Å². The lowest BCUT2D eigenvalue weighted by molar-refractivity contribution is -0.0675. The molecule has 4 aromatic rings. The van der Waals surface area contributed by atoms with Crippen molar-refractivity contribution >= 4 is 22.5 Å². The zero-order valence-electron chi connectivity index (χ0n) is 19.3. The van der Waals surface area contributed by atoms with Crippen LogP contribution in [0.4, 0.5) is 23.5 Å². The Morgan fingerprint density at radius 1 is 1.23 bits per heavy atom. The molecule has 0 aliphatic carbocycles. The van der Waals surface area contributed by atoms with E-state index in [-0.39, 0.29) is 24.8 Å². The predicted octanol–water partition coefficient (Wildman–Crippen LogP) is 3.73. The van der Waals surface area contributed by atoms with Crippen LogP contribution in [-0.2, 0) is 0 Å². The number of benzene rings is 1. The summed E-state index contributed by atoms with van der Waals surface area (Å²) < 4.78 is 63.8. The van der Waals surface area contributed by atoms with Gasteiger partial charge in [0.05, 0.1) is 25.2 Å². The summed E-state index contributed by atoms with van der Waals surface area (Å²) in [5, 5.41) is 15.0. The molecule has 0 saturated carbocycles. The molecule has 0 bridgehead atoms. The Bertz CT molecular complexity index is 1370. The van der Waals surface area contributed by atoms with Crippen LogP contribution in [0.3, 0.4) is 0 Å². The molecule has 35 heavy (non-hydrogen) atoms. The van der Waals surface area contributed by atoms with Gasteiger partial charge in [-0.05, 0) is 44.2 Å². The van der Waals surface area contributed by atoms with Crippen LogP contribution in [0.25, 0.3) is 27.7 Å². The third-order valence-electron chi connectivity index (χ3n) is 6.30. The molecule has 1 saturated heterocycles. The van der Waals surface area contributed by atoms with E-state index in [9.17, 15) is 17.6 Å². The SMILES string of the molecule is COc1nc(N[C@@H]2CCN(C)CC2(F)F)nn2ccc(-c3ccc4nnn([C@H](C)C(F)F)c4c3)c12. The topological polar surface area (TPSA) is 85.4 Å². The molecular weight excluding hydrogens is 468 g/mol. The van der Waals surface area contributed by atoms with E-state index in [2.05, 4.69) is 25.7 Å². The molecule has 1 aromatic carbocycles. The van der Waals surface area contributed by atoms with Gasteiger partial charge in [0.25, 0.3) is 12.3 Å². The number of hydrogen-bond acceptors (Lipinski definition) is 7. The lowest BCUT2D eigenvalue weighted by Crippen LogP contribution is -2.53. The molecule has 1 aliphatic heterocycles. The maximum absolute atomic E-state index is 14.5. The minimum Gasteiger partial charge on any atom is -0.479 e. The molecule has 0 spiro atoms. The summed E-state index contributed by atoms with van der Waals surface area (Å²) in [6, 6.07) is 4.71. The van der Waals surface area contributed by atoms with Crippen LogP contribution >= 0.6 is 0 Å². The van der Waals surface area contributed by atoms with Gasteiger partial charge in [0.2, 0.25) is 11.8 Å². The van der Waals surface area contributed by atoms with Crippen molar-refractivity contribution < 1.29 is 22.3 Å². The van der Waals surface area contributed by atoms with E-state index < -0.39 is 24.4 Å². The molecule has 0 radical (unpaired) electrons. The number of piperidine rings is 1. The highest BCUT2D eigenvalue weighted by Gasteiger charge is 2.44. The normalized spacial score (nSPS) is 19.5. The molecule has 1 fully saturated rings. The van der Waals surface area contributed by atoms with Gasteiger partial charge in [0, 0.05) is 18.3 Å². The molecule has 0 amide bonds. The van der Waals surface area contributed by atoms with Crippen molar-refractivity contribution in [2.45, 2.75) is 37.8 Å². The summed E-state index contributed by atoms with van der Waals surface area (Å²) >= 11 is 0. The number of likely N-dealkylation sites (tertiary alicyclic amines) is 1. The number of aromatic nitrogens is 6. The lowest BCUT2D eigenvalue weighted by atomic mass is 10.0. The quantitative estimate of drug-likeness (QED) is 0.411. The number of rotatable bonds is 6. The Balaban J connectivity index is 1.53. The molecule has 9 nitrogen and oxygen atoms in total. The van der Waals surface area contributed by atoms with Crippen LogP contribution in [-0.4, -0.2) is 80.1 Å². The van der Waals surface area contributed by atoms with Gasteiger partial charge in [-0.2, -0.15) is 4.98 Å². The number of alkyl halides is 4. The fourth-order valence-corrected chi connectivity index (χ4v) is 4.38. The number of methoxy groups -OCH3 is 1. The van der Waals surface area contributed by atoms with Crippen molar-refractivity contribution in [1.82, 2.24) is 34.5 Å². The number of halogens is 4. The van der Waals surface area contributed by atoms with Gasteiger partial charge in [-0.3, -0.25) is 0 Å². The van der Waals surface area contributed by atoms with Crippen molar-refractivity contribution in [3.8, 4) is 17.0 Å². The average Bonchev–Trinajstić information content (AvgIpc) is 3.43. The van der Waals surface area contributed by atoms with Crippen LogP contribution in [0, 0.1) is 0 Å². The maximum atomic E-state index is 14.5. The van der Waals surface area contributed by atoms with Gasteiger partial charge >= 0.3 is 0 Å². The minimum absolute atomic E-state index is 0.0224. The van der Waals surface area contributed by atoms with Gasteiger partial charge in [0.15, 0.2) is 0 Å². The Hall–Kier alpha value is -3.48. The molecule has 1 aliphatic rings. The highest BCUT2D eigenvalue weighted by atomic mass is 19.3. The number of anilines is 1. The summed E-state index contributed by atoms with van der Waals surface area (Å²) in [7, 11) is 3.09. The average molecular weight is 492 g/mol. The molecule has 2 atom stereocenters. The number of ether oxygens (including phenoxy) is 1. The van der Waals surface area contributed by atoms with Crippen molar-refractivity contribution in [2.75, 3.05) is 32.6 Å². The van der Waals surface area contributed by atoms with Crippen molar-refractivity contribution in [3.05, 3.63) is 30.5 Å². The summed E-state index contributed by atoms with van der Waals surface area (Å²) in [5.74, 6) is -2.73. The third kappa shape index (κ3) is 4.13. The van der Waals surface area contributed by atoms with Crippen LogP contribution < -0.4 is 10.1 Å². The van der Waals surface area contributed by atoms with Gasteiger partial charge in [0.1, 0.15) is 17.1 Å². The Morgan fingerprint density at radius 2 is 2.03 bits per heavy atom. The highest BCUT2D eigenvalue weighted by molar-refractivity contribution is 5.89. The molecule has 13 heteroatoms. The van der Waals surface area contributed by atoms with E-state index in [1.54, 1.807) is 42.4 Å². The fourth-order valence-electron chi connectivity index (χ4n) is 4.38. The molecule has 3 aromatic heterocycles. The van der Waals surface area contributed by atoms with Crippen LogP contribution in [0.2, 0.25) is 0 Å². The first-order valence-electron chi connectivity index (χ1n) is 11.1. The molecule has 186 valence electrons. The first kappa shape index (κ1) is 23.3. The summed E-state index contributed by atoms with van der Waals surface area (Å²) in [6.45, 7) is 1.55. The lowest BCUT2D eigenvalue weighted by Gasteiger charge is -2.36. The largest absolute Gasteiger partial charge is 0.479 e. The number of nitrogens with one attached hydrogen (secondary N) is 1. The van der Waals surface area contributed by atoms with Crippen LogP contribution in [0.15, 0.2) is 30.5 Å². The molecule has 4 heterocycles. The monoisotopic (exact) mass is 492 g/mol. The van der Waals surface area contributed by atoms with E-state index in [0.717, 1.165) is 0 Å². The molecular formula is C22H24F4N8O. The first-order valence-corrected chi connectivity index (χ1v) is 11.1. The Kier molecular flexibility index (Phi) is 5.74. The van der Waals surface area contributed by atoms with Gasteiger partial charge in [-0.1, -0.05) is 11.3 Å². The molecule has 1 N–H and O–H groups in total. The second-order valence-electron chi connectivity index (χ2n) is 8.76. The Labute approximate surface area is 197 Å². The number of fused-ring (bicyclic) bond motifs is 2. The van der Waals surface area contributed by atoms with E-state index in [0.29, 0.717) is 34.2 Å². The number of hydrogen-bond donors (Lipinski definition) is 1. The van der Waals surface area contributed by atoms with E-state index >= 15 is 0 Å². The maximum Gasteiger partial charge on any atom is 0.280 e. The standard InChI is InChI=1S/C22H24F4N8O/c1-12(19(23)24)34-16-10-13(4-5-15(16)29-31-34)14-6-9-33-18(14)20(35-3)28-21(30-33)27-17-7-8-32(2)11-22(17,25)26/h4-6,9-10,12,17,19H,7-8,11H2,1-3H3,(H,27,30)/t12-,17-/m1/s1. The first-order chi connectivity index (χ1) is 16.7. The van der Waals surface area contributed by atoms with Gasteiger partial charge < -0.3 is 15.0 Å². The molecule has 0 unspecified atom stereocenters. The van der Waals surface area contributed by atoms with Gasteiger partial charge in [-0.15, -0.1) is 10.2 Å².